The Morgan fingerprint density at radius 3 is 2.51 bits per heavy atom. The number of nitrogens with zero attached hydrogens (tertiary/aromatic N) is 3. The summed E-state index contributed by atoms with van der Waals surface area (Å²) in [6.45, 7) is 8.78. The smallest absolute Gasteiger partial charge is 0.282 e. The van der Waals surface area contributed by atoms with Crippen LogP contribution in [0.1, 0.15) is 43.4 Å². The second kappa shape index (κ2) is 11.3. The van der Waals surface area contributed by atoms with Gasteiger partial charge in [0.05, 0.1) is 41.5 Å². The van der Waals surface area contributed by atoms with Gasteiger partial charge in [-0.3, -0.25) is 4.79 Å². The van der Waals surface area contributed by atoms with Crippen molar-refractivity contribution in [2.45, 2.75) is 33.6 Å². The van der Waals surface area contributed by atoms with Gasteiger partial charge in [-0.2, -0.15) is 9.78 Å². The maximum absolute atomic E-state index is 13.7. The Labute approximate surface area is 230 Å². The zero-order valence-electron chi connectivity index (χ0n) is 21.8. The Balaban J connectivity index is 1.96. The molecule has 4 rings (SSSR count). The van der Waals surface area contributed by atoms with Gasteiger partial charge in [-0.1, -0.05) is 26.0 Å². The number of aromatic nitrogens is 2. The summed E-state index contributed by atoms with van der Waals surface area (Å²) in [5.41, 5.74) is 3.96. The first-order valence-corrected chi connectivity index (χ1v) is 13.1. The molecule has 0 aliphatic rings. The van der Waals surface area contributed by atoms with Crippen LogP contribution in [-0.2, 0) is 0 Å². The van der Waals surface area contributed by atoms with Crippen LogP contribution < -0.4 is 19.8 Å². The predicted octanol–water partition coefficient (Wildman–Crippen LogP) is 6.40. The summed E-state index contributed by atoms with van der Waals surface area (Å²) in [6, 6.07) is 15.1. The Bertz CT molecular complexity index is 1540. The van der Waals surface area contributed by atoms with Crippen molar-refractivity contribution in [2.75, 3.05) is 20.8 Å². The normalized spacial score (nSPS) is 11.5. The van der Waals surface area contributed by atoms with Crippen LogP contribution in [-0.4, -0.2) is 36.7 Å². The van der Waals surface area contributed by atoms with Crippen molar-refractivity contribution >= 4 is 39.7 Å². The van der Waals surface area contributed by atoms with Gasteiger partial charge in [0.2, 0.25) is 0 Å². The Morgan fingerprint density at radius 1 is 1.08 bits per heavy atom. The average Bonchev–Trinajstić information content (AvgIpc) is 2.88. The van der Waals surface area contributed by atoms with Gasteiger partial charge in [0, 0.05) is 5.56 Å². The quantitative estimate of drug-likeness (QED) is 0.170. The number of ether oxygens (including phenoxy) is 3. The Hall–Kier alpha value is -3.40. The molecule has 1 aromatic heterocycles. The van der Waals surface area contributed by atoms with Crippen molar-refractivity contribution in [1.29, 1.82) is 0 Å². The minimum absolute atomic E-state index is 0.221. The number of halogens is 1. The molecule has 0 spiro atoms. The van der Waals surface area contributed by atoms with E-state index in [0.29, 0.717) is 34.8 Å². The SMILES string of the molecule is CCOc1cc(C)c(-c2nc3ccccc3c(=O)n2N=Cc2cc(I)c(OC)c(OC)c2)cc1C(C)C. The highest BCUT2D eigenvalue weighted by Gasteiger charge is 2.19. The molecule has 0 N–H and O–H groups in total. The van der Waals surface area contributed by atoms with Gasteiger partial charge in [-0.15, -0.1) is 0 Å². The number of para-hydroxylation sites is 1. The van der Waals surface area contributed by atoms with Crippen LogP contribution in [0.2, 0.25) is 0 Å². The standard InChI is InChI=1S/C29H30IN3O4/c1-7-37-25-12-18(4)22(15-21(25)17(2)3)28-32-24-11-9-8-10-20(24)29(34)33(28)31-16-19-13-23(30)27(36-6)26(14-19)35-5/h8-17H,7H2,1-6H3. The number of hydrogen-bond donors (Lipinski definition) is 0. The third-order valence-corrected chi connectivity index (χ3v) is 6.85. The van der Waals surface area contributed by atoms with E-state index in [4.69, 9.17) is 19.2 Å². The van der Waals surface area contributed by atoms with Crippen LogP contribution in [0.3, 0.4) is 0 Å². The Kier molecular flexibility index (Phi) is 8.16. The summed E-state index contributed by atoms with van der Waals surface area (Å²) < 4.78 is 19.1. The van der Waals surface area contributed by atoms with E-state index in [-0.39, 0.29) is 11.5 Å². The van der Waals surface area contributed by atoms with E-state index >= 15 is 0 Å². The molecular formula is C29H30IN3O4. The number of aryl methyl sites for hydroxylation is 1. The molecule has 0 amide bonds. The number of benzene rings is 3. The Morgan fingerprint density at radius 2 is 1.84 bits per heavy atom. The summed E-state index contributed by atoms with van der Waals surface area (Å²) in [7, 11) is 3.19. The van der Waals surface area contributed by atoms with E-state index in [0.717, 1.165) is 31.6 Å². The summed E-state index contributed by atoms with van der Waals surface area (Å²) in [4.78, 5) is 18.6. The van der Waals surface area contributed by atoms with Crippen molar-refractivity contribution in [3.8, 4) is 28.6 Å². The van der Waals surface area contributed by atoms with Gasteiger partial charge in [-0.05, 0) is 95.4 Å². The molecule has 0 saturated heterocycles. The fraction of sp³-hybridized carbons (Fsp3) is 0.276. The molecule has 7 nitrogen and oxygen atoms in total. The van der Waals surface area contributed by atoms with Crippen molar-refractivity contribution in [2.24, 2.45) is 5.10 Å². The third kappa shape index (κ3) is 5.34. The molecule has 1 heterocycles. The van der Waals surface area contributed by atoms with Crippen molar-refractivity contribution in [1.82, 2.24) is 9.66 Å². The lowest BCUT2D eigenvalue weighted by Crippen LogP contribution is -2.21. The fourth-order valence-corrected chi connectivity index (χ4v) is 5.06. The van der Waals surface area contributed by atoms with Gasteiger partial charge < -0.3 is 14.2 Å². The highest BCUT2D eigenvalue weighted by Crippen LogP contribution is 2.35. The lowest BCUT2D eigenvalue weighted by Gasteiger charge is -2.18. The molecule has 4 aromatic rings. The monoisotopic (exact) mass is 611 g/mol. The molecule has 8 heteroatoms. The van der Waals surface area contributed by atoms with Gasteiger partial charge in [0.15, 0.2) is 17.3 Å². The maximum atomic E-state index is 13.7. The van der Waals surface area contributed by atoms with Crippen LogP contribution in [0.4, 0.5) is 0 Å². The highest BCUT2D eigenvalue weighted by atomic mass is 127. The zero-order valence-corrected chi connectivity index (χ0v) is 24.0. The number of hydrogen-bond acceptors (Lipinski definition) is 6. The molecule has 0 fully saturated rings. The van der Waals surface area contributed by atoms with Crippen molar-refractivity contribution < 1.29 is 14.2 Å². The van der Waals surface area contributed by atoms with Gasteiger partial charge in [0.25, 0.3) is 5.56 Å². The van der Waals surface area contributed by atoms with Crippen molar-refractivity contribution in [3.05, 3.63) is 79.1 Å². The molecule has 192 valence electrons. The lowest BCUT2D eigenvalue weighted by atomic mass is 9.96. The van der Waals surface area contributed by atoms with Gasteiger partial charge >= 0.3 is 0 Å². The van der Waals surface area contributed by atoms with E-state index in [1.54, 1.807) is 26.5 Å². The number of rotatable bonds is 8. The molecule has 0 aliphatic carbocycles. The number of fused-ring (bicyclic) bond motifs is 1. The molecule has 3 aromatic carbocycles. The molecule has 0 saturated carbocycles. The first-order chi connectivity index (χ1) is 17.8. The summed E-state index contributed by atoms with van der Waals surface area (Å²) >= 11 is 2.19. The summed E-state index contributed by atoms with van der Waals surface area (Å²) in [6.07, 6.45) is 1.64. The fourth-order valence-electron chi connectivity index (χ4n) is 4.21. The average molecular weight is 611 g/mol. The lowest BCUT2D eigenvalue weighted by molar-refractivity contribution is 0.335. The minimum atomic E-state index is -0.244. The van der Waals surface area contributed by atoms with E-state index in [1.807, 2.05) is 50.2 Å². The molecule has 0 bridgehead atoms. The zero-order chi connectivity index (χ0) is 26.7. The topological polar surface area (TPSA) is 74.9 Å². The molecule has 37 heavy (non-hydrogen) atoms. The molecule has 0 aliphatic heterocycles. The van der Waals surface area contributed by atoms with E-state index < -0.39 is 0 Å². The molecule has 0 radical (unpaired) electrons. The summed E-state index contributed by atoms with van der Waals surface area (Å²) in [5, 5.41) is 5.13. The summed E-state index contributed by atoms with van der Waals surface area (Å²) in [5.74, 6) is 2.77. The second-order valence-electron chi connectivity index (χ2n) is 8.84. The van der Waals surface area contributed by atoms with E-state index in [9.17, 15) is 4.79 Å². The first kappa shape index (κ1) is 26.7. The molecule has 0 unspecified atom stereocenters. The van der Waals surface area contributed by atoms with Crippen LogP contribution in [0.15, 0.2) is 58.4 Å². The first-order valence-electron chi connectivity index (χ1n) is 12.0. The minimum Gasteiger partial charge on any atom is -0.494 e. The van der Waals surface area contributed by atoms with E-state index in [2.05, 4.69) is 47.6 Å². The van der Waals surface area contributed by atoms with Crippen LogP contribution in [0, 0.1) is 10.5 Å². The second-order valence-corrected chi connectivity index (χ2v) is 10.0. The van der Waals surface area contributed by atoms with Crippen molar-refractivity contribution in [3.63, 3.8) is 0 Å². The van der Waals surface area contributed by atoms with Gasteiger partial charge in [0.1, 0.15) is 5.75 Å². The molecular weight excluding hydrogens is 581 g/mol. The van der Waals surface area contributed by atoms with Crippen LogP contribution in [0.5, 0.6) is 17.2 Å². The van der Waals surface area contributed by atoms with Crippen LogP contribution in [0.25, 0.3) is 22.3 Å². The number of methoxy groups -OCH3 is 2. The third-order valence-electron chi connectivity index (χ3n) is 6.05. The largest absolute Gasteiger partial charge is 0.494 e. The van der Waals surface area contributed by atoms with Crippen LogP contribution >= 0.6 is 22.6 Å². The highest BCUT2D eigenvalue weighted by molar-refractivity contribution is 14.1. The molecule has 0 atom stereocenters. The maximum Gasteiger partial charge on any atom is 0.282 e. The van der Waals surface area contributed by atoms with E-state index in [1.165, 1.54) is 4.68 Å². The predicted molar refractivity (Wildman–Crippen MR) is 157 cm³/mol. The van der Waals surface area contributed by atoms with Gasteiger partial charge in [-0.25, -0.2) is 4.98 Å².